The first-order chi connectivity index (χ1) is 15.1. The number of carbonyl (C=O) groups is 3. The second-order valence-corrected chi connectivity index (χ2v) is 11.6. The highest BCUT2D eigenvalue weighted by Gasteiger charge is 2.67. The van der Waals surface area contributed by atoms with Crippen LogP contribution in [0.3, 0.4) is 0 Å². The summed E-state index contributed by atoms with van der Waals surface area (Å²) in [5.41, 5.74) is 1.30. The highest BCUT2D eigenvalue weighted by molar-refractivity contribution is 8.14. The normalized spacial score (nSPS) is 23.8. The number of halogens is 5. The molecule has 2 aromatic carbocycles. The van der Waals surface area contributed by atoms with Gasteiger partial charge in [-0.25, -0.2) is 0 Å². The summed E-state index contributed by atoms with van der Waals surface area (Å²) in [6.45, 7) is 0. The lowest BCUT2D eigenvalue weighted by molar-refractivity contribution is -0.117. The number of thioether (sulfide) groups is 1. The van der Waals surface area contributed by atoms with Crippen LogP contribution in [0.4, 0.5) is 5.69 Å². The molecule has 0 spiro atoms. The summed E-state index contributed by atoms with van der Waals surface area (Å²) in [6, 6.07) is 9.56. The van der Waals surface area contributed by atoms with Crippen molar-refractivity contribution in [1.29, 1.82) is 0 Å². The number of alkyl halides is 2. The minimum absolute atomic E-state index is 0.0281. The summed E-state index contributed by atoms with van der Waals surface area (Å²) in [4.78, 5) is 37.5. The van der Waals surface area contributed by atoms with Gasteiger partial charge in [-0.05, 0) is 48.4 Å². The number of Topliss-reactive ketones (excluding diaryl/α,β-unsaturated/α-hetero) is 1. The monoisotopic (exact) mass is 549 g/mol. The number of ketones is 1. The molecule has 3 atom stereocenters. The number of hydrogen-bond acceptors (Lipinski definition) is 4. The van der Waals surface area contributed by atoms with Crippen molar-refractivity contribution in [2.24, 2.45) is 11.8 Å². The van der Waals surface area contributed by atoms with Crippen LogP contribution < -0.4 is 5.32 Å². The predicted molar refractivity (Wildman–Crippen MR) is 132 cm³/mol. The number of anilines is 1. The summed E-state index contributed by atoms with van der Waals surface area (Å²) >= 11 is 32.4. The van der Waals surface area contributed by atoms with Gasteiger partial charge in [0.15, 0.2) is 10.9 Å². The maximum absolute atomic E-state index is 12.9. The molecule has 1 N–H and O–H groups in total. The molecule has 2 aliphatic rings. The van der Waals surface area contributed by atoms with Crippen molar-refractivity contribution in [2.75, 3.05) is 11.1 Å². The van der Waals surface area contributed by atoms with Crippen LogP contribution in [-0.2, 0) is 9.59 Å². The topological polar surface area (TPSA) is 63.2 Å². The molecular weight excluding hydrogens is 536 g/mol. The van der Waals surface area contributed by atoms with Gasteiger partial charge >= 0.3 is 0 Å². The maximum atomic E-state index is 12.9. The summed E-state index contributed by atoms with van der Waals surface area (Å²) in [5.74, 6) is -1.44. The Balaban J connectivity index is 1.49. The molecule has 4 rings (SSSR count). The molecule has 0 bridgehead atoms. The van der Waals surface area contributed by atoms with Gasteiger partial charge in [-0.3, -0.25) is 14.4 Å². The molecule has 1 heterocycles. The largest absolute Gasteiger partial charge is 0.326 e. The fourth-order valence-electron chi connectivity index (χ4n) is 3.92. The van der Waals surface area contributed by atoms with Crippen LogP contribution in [0.25, 0.3) is 0 Å². The predicted octanol–water partition coefficient (Wildman–Crippen LogP) is 7.03. The maximum Gasteiger partial charge on any atom is 0.231 e. The Bertz CT molecular complexity index is 1100. The Hall–Kier alpha value is -0.950. The van der Waals surface area contributed by atoms with Crippen molar-refractivity contribution in [3.05, 3.63) is 62.6 Å². The first kappa shape index (κ1) is 24.2. The molecule has 4 nitrogen and oxygen atoms in total. The van der Waals surface area contributed by atoms with E-state index in [0.29, 0.717) is 27.7 Å². The number of rotatable bonds is 6. The fraction of sp³-hybridized carbons (Fsp3) is 0.318. The molecule has 1 aliphatic heterocycles. The summed E-state index contributed by atoms with van der Waals surface area (Å²) in [5, 5.41) is 3.88. The van der Waals surface area contributed by atoms with Crippen molar-refractivity contribution < 1.29 is 14.4 Å². The van der Waals surface area contributed by atoms with E-state index < -0.39 is 22.1 Å². The zero-order chi connectivity index (χ0) is 23.2. The quantitative estimate of drug-likeness (QED) is 0.309. The smallest absolute Gasteiger partial charge is 0.231 e. The van der Waals surface area contributed by atoms with Crippen LogP contribution in [0.15, 0.2) is 36.4 Å². The van der Waals surface area contributed by atoms with E-state index in [1.54, 1.807) is 24.3 Å². The third-order valence-corrected chi connectivity index (χ3v) is 8.35. The zero-order valence-corrected chi connectivity index (χ0v) is 20.9. The van der Waals surface area contributed by atoms with Gasteiger partial charge in [0, 0.05) is 45.3 Å². The lowest BCUT2D eigenvalue weighted by atomic mass is 9.97. The second kappa shape index (κ2) is 9.36. The highest BCUT2D eigenvalue weighted by Crippen LogP contribution is 2.65. The third kappa shape index (κ3) is 4.94. The van der Waals surface area contributed by atoms with Gasteiger partial charge in [-0.2, -0.15) is 0 Å². The molecule has 3 unspecified atom stereocenters. The summed E-state index contributed by atoms with van der Waals surface area (Å²) in [6.07, 6.45) is 0.767. The molecular formula is C22H16Cl5NO3S. The minimum atomic E-state index is -1.32. The molecule has 32 heavy (non-hydrogen) atoms. The number of hydrogen-bond donors (Lipinski definition) is 1. The molecule has 168 valence electrons. The van der Waals surface area contributed by atoms with Crippen molar-refractivity contribution in [3.8, 4) is 0 Å². The first-order valence-corrected chi connectivity index (χ1v) is 12.6. The van der Waals surface area contributed by atoms with E-state index in [-0.39, 0.29) is 33.8 Å². The van der Waals surface area contributed by atoms with Crippen molar-refractivity contribution in [1.82, 2.24) is 0 Å². The van der Waals surface area contributed by atoms with Gasteiger partial charge in [0.05, 0.1) is 10.9 Å². The van der Waals surface area contributed by atoms with Crippen LogP contribution in [0.2, 0.25) is 15.1 Å². The van der Waals surface area contributed by atoms with Gasteiger partial charge in [-0.15, -0.1) is 23.2 Å². The Morgan fingerprint density at radius 2 is 1.75 bits per heavy atom. The minimum Gasteiger partial charge on any atom is -0.326 e. The lowest BCUT2D eigenvalue weighted by Gasteiger charge is -2.11. The van der Waals surface area contributed by atoms with Crippen molar-refractivity contribution >= 4 is 92.3 Å². The molecule has 1 saturated heterocycles. The average molecular weight is 552 g/mol. The molecule has 1 amide bonds. The number of amides is 1. The summed E-state index contributed by atoms with van der Waals surface area (Å²) in [7, 11) is 0. The van der Waals surface area contributed by atoms with Gasteiger partial charge in [0.1, 0.15) is 4.33 Å². The third-order valence-electron chi connectivity index (χ3n) is 5.59. The molecule has 10 heteroatoms. The van der Waals surface area contributed by atoms with Crippen LogP contribution in [0.5, 0.6) is 0 Å². The summed E-state index contributed by atoms with van der Waals surface area (Å²) < 4.78 is -1.32. The second-order valence-electron chi connectivity index (χ2n) is 7.80. The van der Waals surface area contributed by atoms with Gasteiger partial charge < -0.3 is 5.32 Å². The Morgan fingerprint density at radius 3 is 2.38 bits per heavy atom. The molecule has 2 fully saturated rings. The SMILES string of the molecule is O=C(CC1CCSC1=O)c1cc(NC(=O)C2C(c3cc(Cl)cc(Cl)c3)C2(Cl)Cl)ccc1Cl. The number of benzene rings is 2. The highest BCUT2D eigenvalue weighted by atomic mass is 35.5. The van der Waals surface area contributed by atoms with E-state index in [4.69, 9.17) is 58.0 Å². The molecule has 0 radical (unpaired) electrons. The van der Waals surface area contributed by atoms with E-state index in [1.807, 2.05) is 0 Å². The standard InChI is InChI=1S/C22H16Cl5NO3S/c23-12-5-11(6-13(24)8-12)18-19(22(18,26)27)20(30)28-14-1-2-16(25)15(9-14)17(29)7-10-3-4-32-21(10)31/h1-2,5-6,8-10,18-19H,3-4,7H2,(H,28,30). The Kier molecular flexibility index (Phi) is 7.07. The molecule has 2 aromatic rings. The number of carbonyl (C=O) groups excluding carboxylic acids is 3. The zero-order valence-electron chi connectivity index (χ0n) is 16.3. The van der Waals surface area contributed by atoms with Gasteiger partial charge in [-0.1, -0.05) is 46.6 Å². The lowest BCUT2D eigenvalue weighted by Crippen LogP contribution is -2.18. The van der Waals surface area contributed by atoms with Crippen molar-refractivity contribution in [3.63, 3.8) is 0 Å². The van der Waals surface area contributed by atoms with E-state index in [1.165, 1.54) is 23.9 Å². The first-order valence-electron chi connectivity index (χ1n) is 9.72. The van der Waals surface area contributed by atoms with Crippen LogP contribution >= 0.6 is 69.8 Å². The van der Waals surface area contributed by atoms with Gasteiger partial charge in [0.2, 0.25) is 5.91 Å². The van der Waals surface area contributed by atoms with Crippen LogP contribution in [0, 0.1) is 11.8 Å². The Labute approximate surface area is 214 Å². The van der Waals surface area contributed by atoms with E-state index in [0.717, 1.165) is 5.75 Å². The fourth-order valence-corrected chi connectivity index (χ4v) is 6.55. The van der Waals surface area contributed by atoms with Crippen LogP contribution in [-0.4, -0.2) is 26.9 Å². The van der Waals surface area contributed by atoms with E-state index in [9.17, 15) is 14.4 Å². The molecule has 1 saturated carbocycles. The van der Waals surface area contributed by atoms with E-state index in [2.05, 4.69) is 5.32 Å². The van der Waals surface area contributed by atoms with Gasteiger partial charge in [0.25, 0.3) is 0 Å². The molecule has 1 aliphatic carbocycles. The Morgan fingerprint density at radius 1 is 1.06 bits per heavy atom. The van der Waals surface area contributed by atoms with Crippen LogP contribution in [0.1, 0.15) is 34.7 Å². The van der Waals surface area contributed by atoms with Crippen molar-refractivity contribution in [2.45, 2.75) is 23.1 Å². The number of nitrogens with one attached hydrogen (secondary N) is 1. The molecule has 0 aromatic heterocycles. The van der Waals surface area contributed by atoms with E-state index >= 15 is 0 Å². The average Bonchev–Trinajstić information content (AvgIpc) is 3.07.